The van der Waals surface area contributed by atoms with Crippen LogP contribution in [-0.2, 0) is 4.79 Å². The van der Waals surface area contributed by atoms with Gasteiger partial charge in [-0.25, -0.2) is 0 Å². The Kier molecular flexibility index (Phi) is 4.79. The summed E-state index contributed by atoms with van der Waals surface area (Å²) < 4.78 is 5.88. The Morgan fingerprint density at radius 3 is 2.78 bits per heavy atom. The van der Waals surface area contributed by atoms with Crippen LogP contribution in [0.4, 0.5) is 5.82 Å². The van der Waals surface area contributed by atoms with Crippen LogP contribution < -0.4 is 9.64 Å². The van der Waals surface area contributed by atoms with E-state index in [9.17, 15) is 4.79 Å². The van der Waals surface area contributed by atoms with E-state index >= 15 is 0 Å². The van der Waals surface area contributed by atoms with Crippen molar-refractivity contribution in [3.8, 4) is 5.88 Å². The van der Waals surface area contributed by atoms with E-state index in [0.29, 0.717) is 12.4 Å². The van der Waals surface area contributed by atoms with Gasteiger partial charge in [0.05, 0.1) is 6.54 Å². The molecule has 0 unspecified atom stereocenters. The summed E-state index contributed by atoms with van der Waals surface area (Å²) in [5.74, 6) is 1.74. The normalized spacial score (nSPS) is 23.8. The minimum absolute atomic E-state index is 0.0117. The molecular formula is C17H24N4O2. The smallest absolute Gasteiger partial charge is 0.233 e. The Morgan fingerprint density at radius 2 is 2.13 bits per heavy atom. The largest absolute Gasteiger partial charge is 0.471 e. The fourth-order valence-electron chi connectivity index (χ4n) is 3.09. The van der Waals surface area contributed by atoms with Gasteiger partial charge in [0, 0.05) is 39.0 Å². The summed E-state index contributed by atoms with van der Waals surface area (Å²) in [5, 5.41) is 8.21. The Morgan fingerprint density at radius 1 is 1.26 bits per heavy atom. The summed E-state index contributed by atoms with van der Waals surface area (Å²) in [7, 11) is 3.84. The number of carbonyl (C=O) groups is 1. The zero-order valence-electron chi connectivity index (χ0n) is 13.8. The van der Waals surface area contributed by atoms with Gasteiger partial charge in [-0.2, -0.15) is 0 Å². The highest BCUT2D eigenvalue weighted by atomic mass is 16.5. The maximum absolute atomic E-state index is 12.5. The molecule has 2 atom stereocenters. The minimum atomic E-state index is 0.0117. The van der Waals surface area contributed by atoms with Gasteiger partial charge in [-0.05, 0) is 25.3 Å². The van der Waals surface area contributed by atoms with Gasteiger partial charge in [-0.1, -0.05) is 12.2 Å². The topological polar surface area (TPSA) is 58.6 Å². The third-order valence-electron chi connectivity index (χ3n) is 4.45. The molecule has 2 heterocycles. The lowest BCUT2D eigenvalue weighted by Gasteiger charge is -2.24. The van der Waals surface area contributed by atoms with Crippen molar-refractivity contribution < 1.29 is 9.53 Å². The van der Waals surface area contributed by atoms with Gasteiger partial charge in [0.25, 0.3) is 0 Å². The second-order valence-corrected chi connectivity index (χ2v) is 6.42. The number of hydrogen-bond donors (Lipinski definition) is 0. The van der Waals surface area contributed by atoms with Gasteiger partial charge in [-0.15, -0.1) is 10.2 Å². The minimum Gasteiger partial charge on any atom is -0.471 e. The first kappa shape index (κ1) is 15.8. The average Bonchev–Trinajstić information content (AvgIpc) is 3.04. The van der Waals surface area contributed by atoms with Crippen molar-refractivity contribution in [2.45, 2.75) is 31.8 Å². The summed E-state index contributed by atoms with van der Waals surface area (Å²) in [6.07, 6.45) is 8.00. The zero-order valence-corrected chi connectivity index (χ0v) is 13.8. The highest BCUT2D eigenvalue weighted by Crippen LogP contribution is 2.24. The quantitative estimate of drug-likeness (QED) is 0.794. The summed E-state index contributed by atoms with van der Waals surface area (Å²) in [5.41, 5.74) is 0. The molecule has 3 rings (SSSR count). The number of nitrogens with zero attached hydrogens (tertiary/aromatic N) is 4. The van der Waals surface area contributed by atoms with Gasteiger partial charge in [0.15, 0.2) is 5.82 Å². The molecule has 0 radical (unpaired) electrons. The molecule has 0 aromatic carbocycles. The van der Waals surface area contributed by atoms with Crippen LogP contribution in [0.3, 0.4) is 0 Å². The molecule has 1 fully saturated rings. The van der Waals surface area contributed by atoms with E-state index in [1.807, 2.05) is 36.0 Å². The van der Waals surface area contributed by atoms with Crippen molar-refractivity contribution >= 4 is 11.7 Å². The number of anilines is 1. The number of hydrogen-bond acceptors (Lipinski definition) is 5. The Labute approximate surface area is 137 Å². The Bertz CT molecular complexity index is 570. The molecule has 1 amide bonds. The summed E-state index contributed by atoms with van der Waals surface area (Å²) in [4.78, 5) is 16.4. The van der Waals surface area contributed by atoms with Crippen molar-refractivity contribution in [2.24, 2.45) is 5.92 Å². The van der Waals surface area contributed by atoms with Gasteiger partial charge >= 0.3 is 0 Å². The van der Waals surface area contributed by atoms with E-state index in [1.54, 1.807) is 0 Å². The second-order valence-electron chi connectivity index (χ2n) is 6.42. The lowest BCUT2D eigenvalue weighted by molar-refractivity contribution is -0.135. The van der Waals surface area contributed by atoms with E-state index in [-0.39, 0.29) is 17.9 Å². The predicted octanol–water partition coefficient (Wildman–Crippen LogP) is 1.88. The fraction of sp³-hybridized carbons (Fsp3) is 0.588. The summed E-state index contributed by atoms with van der Waals surface area (Å²) in [6.45, 7) is 1.42. The van der Waals surface area contributed by atoms with E-state index in [1.165, 1.54) is 0 Å². The van der Waals surface area contributed by atoms with Crippen molar-refractivity contribution in [1.82, 2.24) is 15.1 Å². The molecule has 0 spiro atoms. The first-order valence-corrected chi connectivity index (χ1v) is 8.25. The Balaban J connectivity index is 1.53. The van der Waals surface area contributed by atoms with Crippen LogP contribution in [0.5, 0.6) is 5.88 Å². The maximum atomic E-state index is 12.5. The van der Waals surface area contributed by atoms with Crippen LogP contribution in [0.25, 0.3) is 0 Å². The number of amides is 1. The summed E-state index contributed by atoms with van der Waals surface area (Å²) >= 11 is 0. The number of aromatic nitrogens is 2. The summed E-state index contributed by atoms with van der Waals surface area (Å²) in [6, 6.07) is 3.72. The van der Waals surface area contributed by atoms with Crippen LogP contribution >= 0.6 is 0 Å². The van der Waals surface area contributed by atoms with E-state index in [4.69, 9.17) is 4.74 Å². The van der Waals surface area contributed by atoms with Gasteiger partial charge in [-0.3, -0.25) is 4.79 Å². The van der Waals surface area contributed by atoms with E-state index < -0.39 is 0 Å². The molecular weight excluding hydrogens is 292 g/mol. The Hall–Kier alpha value is -2.11. The van der Waals surface area contributed by atoms with Crippen molar-refractivity contribution in [2.75, 3.05) is 32.1 Å². The number of allylic oxidation sites excluding steroid dienone is 2. The second kappa shape index (κ2) is 6.98. The van der Waals surface area contributed by atoms with Crippen molar-refractivity contribution in [1.29, 1.82) is 0 Å². The molecule has 1 aliphatic carbocycles. The van der Waals surface area contributed by atoms with Gasteiger partial charge < -0.3 is 14.5 Å². The van der Waals surface area contributed by atoms with Crippen molar-refractivity contribution in [3.05, 3.63) is 24.3 Å². The molecule has 23 heavy (non-hydrogen) atoms. The van der Waals surface area contributed by atoms with Crippen LogP contribution in [0, 0.1) is 5.92 Å². The number of ether oxygens (including phenoxy) is 1. The SMILES string of the molecule is CN(C)c1ccc(O[C@H]2CCN(C(=O)[C@H]3CC=CCC3)C2)nn1. The predicted molar refractivity (Wildman–Crippen MR) is 88.5 cm³/mol. The third kappa shape index (κ3) is 3.81. The lowest BCUT2D eigenvalue weighted by Crippen LogP contribution is -2.36. The number of rotatable bonds is 4. The third-order valence-corrected chi connectivity index (χ3v) is 4.45. The van der Waals surface area contributed by atoms with Gasteiger partial charge in [0.2, 0.25) is 11.8 Å². The molecule has 0 bridgehead atoms. The van der Waals surface area contributed by atoms with Crippen LogP contribution in [-0.4, -0.2) is 54.3 Å². The molecule has 6 heteroatoms. The highest BCUT2D eigenvalue weighted by molar-refractivity contribution is 5.79. The lowest BCUT2D eigenvalue weighted by atomic mass is 9.93. The molecule has 0 N–H and O–H groups in total. The van der Waals surface area contributed by atoms with Crippen LogP contribution in [0.1, 0.15) is 25.7 Å². The maximum Gasteiger partial charge on any atom is 0.233 e. The number of likely N-dealkylation sites (tertiary alicyclic amines) is 1. The molecule has 6 nitrogen and oxygen atoms in total. The highest BCUT2D eigenvalue weighted by Gasteiger charge is 2.31. The molecule has 1 aliphatic heterocycles. The average molecular weight is 316 g/mol. The first-order chi connectivity index (χ1) is 11.1. The fourth-order valence-corrected chi connectivity index (χ4v) is 3.09. The van der Waals surface area contributed by atoms with Crippen LogP contribution in [0.15, 0.2) is 24.3 Å². The molecule has 2 aliphatic rings. The van der Waals surface area contributed by atoms with E-state index in [2.05, 4.69) is 22.3 Å². The van der Waals surface area contributed by atoms with E-state index in [0.717, 1.165) is 38.0 Å². The van der Waals surface area contributed by atoms with Crippen LogP contribution in [0.2, 0.25) is 0 Å². The monoisotopic (exact) mass is 316 g/mol. The molecule has 1 saturated heterocycles. The molecule has 124 valence electrons. The standard InChI is InChI=1S/C17H24N4O2/c1-20(2)15-8-9-16(19-18-15)23-14-10-11-21(12-14)17(22)13-6-4-3-5-7-13/h3-4,8-9,13-14H,5-7,10-12H2,1-2H3/t13-,14-/m0/s1. The first-order valence-electron chi connectivity index (χ1n) is 8.25. The molecule has 1 aromatic heterocycles. The molecule has 1 aromatic rings. The molecule has 0 saturated carbocycles. The zero-order chi connectivity index (χ0) is 16.2. The van der Waals surface area contributed by atoms with Crippen molar-refractivity contribution in [3.63, 3.8) is 0 Å². The number of carbonyl (C=O) groups excluding carboxylic acids is 1. The van der Waals surface area contributed by atoms with Gasteiger partial charge in [0.1, 0.15) is 6.10 Å².